The maximum absolute atomic E-state index is 5.25. The molecule has 0 aromatic heterocycles. The van der Waals surface area contributed by atoms with Crippen molar-refractivity contribution in [3.8, 4) is 0 Å². The zero-order valence-corrected chi connectivity index (χ0v) is 28.2. The molecule has 0 aliphatic carbocycles. The minimum Gasteiger partial charge on any atom is -0.355 e. The average molecular weight is 619 g/mol. The van der Waals surface area contributed by atoms with Crippen molar-refractivity contribution in [1.82, 2.24) is 10.6 Å². The maximum atomic E-state index is 5.25. The van der Waals surface area contributed by atoms with Gasteiger partial charge in [0.2, 0.25) is 0 Å². The van der Waals surface area contributed by atoms with E-state index in [-0.39, 0.29) is 0 Å². The highest BCUT2D eigenvalue weighted by molar-refractivity contribution is 6.33. The highest BCUT2D eigenvalue weighted by Gasteiger charge is 2.34. The van der Waals surface area contributed by atoms with Gasteiger partial charge in [-0.2, -0.15) is 0 Å². The predicted molar refractivity (Wildman–Crippen MR) is 192 cm³/mol. The van der Waals surface area contributed by atoms with Gasteiger partial charge in [-0.15, -0.1) is 0 Å². The molecule has 0 radical (unpaired) electrons. The lowest BCUT2D eigenvalue weighted by Gasteiger charge is -2.13. The number of nitrogens with one attached hydrogen (secondary N) is 2. The summed E-state index contributed by atoms with van der Waals surface area (Å²) in [6.07, 6.45) is 14.8. The SMILES string of the molecule is CCCC1=C(CCC)C2=NC3=NC(=NC4=NC(=NC5=NC(=NC1=N2)C(CCC)=C5CCC)C1=C4NC=CN1)C(CCC)=C3CCC. The van der Waals surface area contributed by atoms with E-state index < -0.39 is 0 Å². The summed E-state index contributed by atoms with van der Waals surface area (Å²) in [7, 11) is 0. The molecule has 0 unspecified atom stereocenters. The van der Waals surface area contributed by atoms with E-state index in [0.29, 0.717) is 35.0 Å². The second-order valence-corrected chi connectivity index (χ2v) is 12.2. The minimum absolute atomic E-state index is 0.551. The Kier molecular flexibility index (Phi) is 9.61. The van der Waals surface area contributed by atoms with Crippen molar-refractivity contribution >= 4 is 46.7 Å². The Bertz CT molecular complexity index is 1730. The third kappa shape index (κ3) is 5.85. The zero-order valence-electron chi connectivity index (χ0n) is 28.2. The average Bonchev–Trinajstić information content (AvgIpc) is 3.75. The standard InChI is InChI=1S/C36H46N10/c1-7-13-21-22(14-8-2)30-39-29(21)40-31-23(15-9-3)25(17-11-5)33(42-31)44-35-27-28(38-20-19-37-27)36(46-35)45-34-26(18-12-6)24(16-10-4)32(41-30)43-34/h19-20,37-38H,7-18H2,1-6H3. The molecule has 0 atom stereocenters. The van der Waals surface area contributed by atoms with Crippen molar-refractivity contribution in [2.24, 2.45) is 39.9 Å². The van der Waals surface area contributed by atoms with Crippen molar-refractivity contribution in [2.75, 3.05) is 0 Å². The van der Waals surface area contributed by atoms with Crippen LogP contribution in [0.5, 0.6) is 0 Å². The molecule has 0 saturated heterocycles. The molecule has 6 rings (SSSR count). The van der Waals surface area contributed by atoms with Gasteiger partial charge in [0, 0.05) is 45.8 Å². The summed E-state index contributed by atoms with van der Waals surface area (Å²) in [5, 5.41) is 6.72. The molecule has 46 heavy (non-hydrogen) atoms. The molecule has 0 amide bonds. The van der Waals surface area contributed by atoms with Crippen LogP contribution in [-0.2, 0) is 0 Å². The van der Waals surface area contributed by atoms with E-state index in [2.05, 4.69) is 52.2 Å². The smallest absolute Gasteiger partial charge is 0.182 e. The Morgan fingerprint density at radius 2 is 0.522 bits per heavy atom. The Labute approximate surface area is 272 Å². The van der Waals surface area contributed by atoms with Gasteiger partial charge in [0.15, 0.2) is 46.7 Å². The summed E-state index contributed by atoms with van der Waals surface area (Å²) >= 11 is 0. The van der Waals surface area contributed by atoms with E-state index in [1.165, 1.54) is 11.1 Å². The number of nitrogens with zero attached hydrogens (tertiary/aromatic N) is 8. The summed E-state index contributed by atoms with van der Waals surface area (Å²) < 4.78 is 0. The Morgan fingerprint density at radius 1 is 0.326 bits per heavy atom. The van der Waals surface area contributed by atoms with Gasteiger partial charge < -0.3 is 10.6 Å². The normalized spacial score (nSPS) is 20.2. The van der Waals surface area contributed by atoms with Crippen LogP contribution in [0.2, 0.25) is 0 Å². The fraction of sp³-hybridized carbons (Fsp3) is 0.500. The van der Waals surface area contributed by atoms with Crippen LogP contribution in [0.1, 0.15) is 119 Å². The molecular weight excluding hydrogens is 572 g/mol. The summed E-state index contributed by atoms with van der Waals surface area (Å²) in [6.45, 7) is 13.2. The van der Waals surface area contributed by atoms with Crippen LogP contribution in [0.4, 0.5) is 0 Å². The number of fused-ring (bicyclic) bond motifs is 6. The lowest BCUT2D eigenvalue weighted by molar-refractivity contribution is 0.885. The summed E-state index contributed by atoms with van der Waals surface area (Å²) in [6, 6.07) is 0. The molecule has 10 nitrogen and oxygen atoms in total. The highest BCUT2D eigenvalue weighted by Crippen LogP contribution is 2.34. The maximum Gasteiger partial charge on any atom is 0.182 e. The molecule has 8 bridgehead atoms. The number of hydrogen-bond acceptors (Lipinski definition) is 10. The molecule has 6 heterocycles. The van der Waals surface area contributed by atoms with E-state index in [1.54, 1.807) is 0 Å². The van der Waals surface area contributed by atoms with Crippen LogP contribution in [0.3, 0.4) is 0 Å². The lowest BCUT2D eigenvalue weighted by Crippen LogP contribution is -2.25. The summed E-state index contributed by atoms with van der Waals surface area (Å²) in [4.78, 5) is 41.1. The number of hydrogen-bond donors (Lipinski definition) is 2. The molecule has 240 valence electrons. The van der Waals surface area contributed by atoms with Crippen LogP contribution < -0.4 is 10.6 Å². The van der Waals surface area contributed by atoms with Crippen LogP contribution in [0.15, 0.2) is 97.2 Å². The first kappa shape index (κ1) is 31.6. The first-order valence-corrected chi connectivity index (χ1v) is 17.4. The van der Waals surface area contributed by atoms with E-state index in [1.807, 2.05) is 12.4 Å². The highest BCUT2D eigenvalue weighted by atomic mass is 15.2. The van der Waals surface area contributed by atoms with Gasteiger partial charge in [0.05, 0.1) is 0 Å². The first-order valence-electron chi connectivity index (χ1n) is 17.4. The van der Waals surface area contributed by atoms with E-state index in [9.17, 15) is 0 Å². The van der Waals surface area contributed by atoms with Gasteiger partial charge >= 0.3 is 0 Å². The van der Waals surface area contributed by atoms with Crippen LogP contribution in [0, 0.1) is 0 Å². The van der Waals surface area contributed by atoms with Gasteiger partial charge in [-0.3, -0.25) is 0 Å². The molecule has 0 fully saturated rings. The van der Waals surface area contributed by atoms with Gasteiger partial charge in [0.1, 0.15) is 11.4 Å². The summed E-state index contributed by atoms with van der Waals surface area (Å²) in [5.74, 6) is 5.32. The van der Waals surface area contributed by atoms with Gasteiger partial charge in [-0.05, 0) is 38.5 Å². The van der Waals surface area contributed by atoms with E-state index >= 15 is 0 Å². The van der Waals surface area contributed by atoms with Crippen LogP contribution >= 0.6 is 0 Å². The van der Waals surface area contributed by atoms with Crippen LogP contribution in [-0.4, -0.2) is 46.7 Å². The summed E-state index contributed by atoms with van der Waals surface area (Å²) in [5.41, 5.74) is 8.50. The Balaban J connectivity index is 1.65. The van der Waals surface area contributed by atoms with Crippen molar-refractivity contribution < 1.29 is 0 Å². The lowest BCUT2D eigenvalue weighted by atomic mass is 9.99. The van der Waals surface area contributed by atoms with Gasteiger partial charge in [-0.1, -0.05) is 80.1 Å². The quantitative estimate of drug-likeness (QED) is 0.232. The zero-order chi connectivity index (χ0) is 32.2. The monoisotopic (exact) mass is 618 g/mol. The molecule has 2 N–H and O–H groups in total. The number of rotatable bonds is 12. The third-order valence-electron chi connectivity index (χ3n) is 8.64. The minimum atomic E-state index is 0.551. The van der Waals surface area contributed by atoms with Gasteiger partial charge in [-0.25, -0.2) is 39.9 Å². The molecule has 0 aromatic rings. The molecular formula is C36H46N10. The molecule has 0 saturated carbocycles. The largest absolute Gasteiger partial charge is 0.355 e. The molecule has 10 heteroatoms. The molecule has 0 aromatic carbocycles. The second kappa shape index (κ2) is 14.0. The van der Waals surface area contributed by atoms with Crippen molar-refractivity contribution in [3.05, 3.63) is 57.2 Å². The van der Waals surface area contributed by atoms with Crippen molar-refractivity contribution in [1.29, 1.82) is 0 Å². The Hall–Kier alpha value is -4.34. The van der Waals surface area contributed by atoms with Gasteiger partial charge in [0.25, 0.3) is 0 Å². The number of amidine groups is 8. The predicted octanol–water partition coefficient (Wildman–Crippen LogP) is 7.81. The topological polar surface area (TPSA) is 123 Å². The van der Waals surface area contributed by atoms with Crippen molar-refractivity contribution in [2.45, 2.75) is 119 Å². The van der Waals surface area contributed by atoms with E-state index in [4.69, 9.17) is 39.9 Å². The fourth-order valence-corrected chi connectivity index (χ4v) is 6.67. The third-order valence-corrected chi connectivity index (χ3v) is 8.64. The van der Waals surface area contributed by atoms with Crippen LogP contribution in [0.25, 0.3) is 0 Å². The number of aliphatic imine (C=N–C) groups is 8. The molecule has 6 aliphatic heterocycles. The first-order chi connectivity index (χ1) is 22.5. The second-order valence-electron chi connectivity index (χ2n) is 12.2. The molecule has 0 spiro atoms. The fourth-order valence-electron chi connectivity index (χ4n) is 6.67. The molecule has 6 aliphatic rings. The van der Waals surface area contributed by atoms with Crippen molar-refractivity contribution in [3.63, 3.8) is 0 Å². The van der Waals surface area contributed by atoms with E-state index in [0.717, 1.165) is 122 Å². The Morgan fingerprint density at radius 3 is 0.761 bits per heavy atom.